The minimum atomic E-state index is 0.852. The van der Waals surface area contributed by atoms with E-state index in [0.29, 0.717) is 0 Å². The minimum absolute atomic E-state index is 0.852. The van der Waals surface area contributed by atoms with Crippen LogP contribution in [-0.2, 0) is 0 Å². The Hall–Kier alpha value is -1.16. The summed E-state index contributed by atoms with van der Waals surface area (Å²) in [6, 6.07) is 16.9. The van der Waals surface area contributed by atoms with Crippen molar-refractivity contribution in [2.75, 3.05) is 37.0 Å². The first-order valence-electron chi connectivity index (χ1n) is 7.64. The predicted molar refractivity (Wildman–Crippen MR) is 97.1 cm³/mol. The molecule has 3 rings (SSSR count). The van der Waals surface area contributed by atoms with Gasteiger partial charge in [0.15, 0.2) is 0 Å². The number of thioether (sulfide) groups is 1. The molecular weight excluding hydrogens is 312 g/mol. The van der Waals surface area contributed by atoms with Gasteiger partial charge in [-0.3, -0.25) is 4.90 Å². The molecular formula is C18H21ClN2S. The van der Waals surface area contributed by atoms with Crippen molar-refractivity contribution in [3.63, 3.8) is 0 Å². The van der Waals surface area contributed by atoms with E-state index in [4.69, 9.17) is 11.6 Å². The topological polar surface area (TPSA) is 6.48 Å². The fourth-order valence-corrected chi connectivity index (χ4v) is 3.80. The van der Waals surface area contributed by atoms with Crippen LogP contribution in [0.15, 0.2) is 53.4 Å². The van der Waals surface area contributed by atoms with Crippen LogP contribution >= 0.6 is 23.4 Å². The summed E-state index contributed by atoms with van der Waals surface area (Å²) >= 11 is 8.21. The fraction of sp³-hybridized carbons (Fsp3) is 0.333. The molecule has 1 saturated heterocycles. The number of piperazine rings is 1. The van der Waals surface area contributed by atoms with Crippen LogP contribution in [0.1, 0.15) is 5.56 Å². The molecule has 0 saturated carbocycles. The normalized spacial score (nSPS) is 16.0. The van der Waals surface area contributed by atoms with Gasteiger partial charge < -0.3 is 4.90 Å². The van der Waals surface area contributed by atoms with Crippen LogP contribution in [0.3, 0.4) is 0 Å². The van der Waals surface area contributed by atoms with Gasteiger partial charge in [0, 0.05) is 37.0 Å². The van der Waals surface area contributed by atoms with E-state index in [1.165, 1.54) is 10.5 Å². The molecule has 0 amide bonds. The van der Waals surface area contributed by atoms with E-state index in [1.807, 2.05) is 23.9 Å². The van der Waals surface area contributed by atoms with E-state index in [1.54, 1.807) is 0 Å². The third kappa shape index (κ3) is 3.97. The van der Waals surface area contributed by atoms with Crippen LogP contribution in [0.2, 0.25) is 5.02 Å². The molecule has 0 radical (unpaired) electrons. The summed E-state index contributed by atoms with van der Waals surface area (Å²) in [6.45, 7) is 6.38. The molecule has 2 aromatic carbocycles. The maximum Gasteiger partial charge on any atom is 0.0639 e. The second kappa shape index (κ2) is 7.40. The van der Waals surface area contributed by atoms with Crippen LogP contribution in [0.5, 0.6) is 0 Å². The first kappa shape index (κ1) is 15.7. The van der Waals surface area contributed by atoms with Gasteiger partial charge in [-0.25, -0.2) is 0 Å². The Bertz CT molecular complexity index is 607. The number of hydrogen-bond acceptors (Lipinski definition) is 3. The van der Waals surface area contributed by atoms with Gasteiger partial charge in [0.05, 0.1) is 10.7 Å². The molecule has 0 atom stereocenters. The number of benzene rings is 2. The lowest BCUT2D eigenvalue weighted by Crippen LogP contribution is -2.46. The molecule has 0 aromatic heterocycles. The van der Waals surface area contributed by atoms with E-state index in [2.05, 4.69) is 53.1 Å². The molecule has 0 unspecified atom stereocenters. The van der Waals surface area contributed by atoms with Crippen LogP contribution in [0.4, 0.5) is 5.69 Å². The number of halogens is 1. The molecule has 0 spiro atoms. The molecule has 1 aliphatic heterocycles. The van der Waals surface area contributed by atoms with E-state index in [0.717, 1.165) is 42.8 Å². The first-order chi connectivity index (χ1) is 10.7. The Morgan fingerprint density at radius 3 is 2.32 bits per heavy atom. The van der Waals surface area contributed by atoms with Gasteiger partial charge in [0.25, 0.3) is 0 Å². The maximum absolute atomic E-state index is 6.29. The Morgan fingerprint density at radius 2 is 1.64 bits per heavy atom. The van der Waals surface area contributed by atoms with Crippen molar-refractivity contribution in [2.45, 2.75) is 11.8 Å². The fourth-order valence-electron chi connectivity index (χ4n) is 2.63. The van der Waals surface area contributed by atoms with Gasteiger partial charge in [0.2, 0.25) is 0 Å². The Labute approximate surface area is 142 Å². The van der Waals surface area contributed by atoms with Crippen LogP contribution < -0.4 is 4.90 Å². The largest absolute Gasteiger partial charge is 0.368 e. The van der Waals surface area contributed by atoms with Gasteiger partial charge in [-0.1, -0.05) is 41.4 Å². The molecule has 4 heteroatoms. The summed E-state index contributed by atoms with van der Waals surface area (Å²) in [6.07, 6.45) is 0. The molecule has 0 bridgehead atoms. The Morgan fingerprint density at radius 1 is 0.955 bits per heavy atom. The average Bonchev–Trinajstić information content (AvgIpc) is 2.55. The van der Waals surface area contributed by atoms with E-state index in [-0.39, 0.29) is 0 Å². The SMILES string of the molecule is Cc1ccc(SCN2CCN(c3ccccc3Cl)CC2)cc1. The van der Waals surface area contributed by atoms with Gasteiger partial charge in [-0.2, -0.15) is 0 Å². The first-order valence-corrected chi connectivity index (χ1v) is 9.00. The molecule has 1 aliphatic rings. The van der Waals surface area contributed by atoms with Gasteiger partial charge >= 0.3 is 0 Å². The summed E-state index contributed by atoms with van der Waals surface area (Å²) < 4.78 is 0. The zero-order valence-corrected chi connectivity index (χ0v) is 14.4. The number of hydrogen-bond donors (Lipinski definition) is 0. The molecule has 0 aliphatic carbocycles. The molecule has 116 valence electrons. The third-order valence-corrected chi connectivity index (χ3v) is 5.42. The molecule has 2 nitrogen and oxygen atoms in total. The molecule has 1 fully saturated rings. The smallest absolute Gasteiger partial charge is 0.0639 e. The van der Waals surface area contributed by atoms with Crippen molar-refractivity contribution in [1.29, 1.82) is 0 Å². The highest BCUT2D eigenvalue weighted by molar-refractivity contribution is 7.99. The standard InChI is InChI=1S/C18H21ClN2S/c1-15-6-8-16(9-7-15)22-14-20-10-12-21(13-11-20)18-5-3-2-4-17(18)19/h2-9H,10-14H2,1H3. The number of anilines is 1. The Kier molecular flexibility index (Phi) is 5.29. The van der Waals surface area contributed by atoms with Crippen molar-refractivity contribution in [3.8, 4) is 0 Å². The highest BCUT2D eigenvalue weighted by Crippen LogP contribution is 2.27. The predicted octanol–water partition coefficient (Wildman–Crippen LogP) is 4.52. The lowest BCUT2D eigenvalue weighted by molar-refractivity contribution is 0.301. The lowest BCUT2D eigenvalue weighted by Gasteiger charge is -2.36. The Balaban J connectivity index is 1.50. The van der Waals surface area contributed by atoms with Gasteiger partial charge in [-0.05, 0) is 31.2 Å². The second-order valence-corrected chi connectivity index (χ2v) is 7.07. The number of rotatable bonds is 4. The maximum atomic E-state index is 6.29. The number of aryl methyl sites for hydroxylation is 1. The summed E-state index contributed by atoms with van der Waals surface area (Å²) in [5, 5.41) is 0.852. The molecule has 22 heavy (non-hydrogen) atoms. The molecule has 1 heterocycles. The summed E-state index contributed by atoms with van der Waals surface area (Å²) in [7, 11) is 0. The number of para-hydroxylation sites is 1. The van der Waals surface area contributed by atoms with Crippen molar-refractivity contribution in [3.05, 3.63) is 59.1 Å². The lowest BCUT2D eigenvalue weighted by atomic mass is 10.2. The van der Waals surface area contributed by atoms with Gasteiger partial charge in [-0.15, -0.1) is 11.8 Å². The second-order valence-electron chi connectivity index (χ2n) is 5.64. The zero-order valence-electron chi connectivity index (χ0n) is 12.8. The van der Waals surface area contributed by atoms with Crippen LogP contribution in [0.25, 0.3) is 0 Å². The van der Waals surface area contributed by atoms with Gasteiger partial charge in [0.1, 0.15) is 0 Å². The third-order valence-electron chi connectivity index (χ3n) is 4.00. The monoisotopic (exact) mass is 332 g/mol. The van der Waals surface area contributed by atoms with Crippen molar-refractivity contribution >= 4 is 29.1 Å². The van der Waals surface area contributed by atoms with Crippen molar-refractivity contribution in [2.24, 2.45) is 0 Å². The quantitative estimate of drug-likeness (QED) is 0.760. The highest BCUT2D eigenvalue weighted by atomic mass is 35.5. The highest BCUT2D eigenvalue weighted by Gasteiger charge is 2.18. The summed E-state index contributed by atoms with van der Waals surface area (Å²) in [4.78, 5) is 6.24. The van der Waals surface area contributed by atoms with Crippen molar-refractivity contribution < 1.29 is 0 Å². The van der Waals surface area contributed by atoms with E-state index >= 15 is 0 Å². The van der Waals surface area contributed by atoms with Crippen molar-refractivity contribution in [1.82, 2.24) is 4.90 Å². The number of nitrogens with zero attached hydrogens (tertiary/aromatic N) is 2. The van der Waals surface area contributed by atoms with E-state index in [9.17, 15) is 0 Å². The molecule has 2 aromatic rings. The summed E-state index contributed by atoms with van der Waals surface area (Å²) in [5.74, 6) is 1.05. The summed E-state index contributed by atoms with van der Waals surface area (Å²) in [5.41, 5.74) is 2.48. The average molecular weight is 333 g/mol. The molecule has 0 N–H and O–H groups in total. The van der Waals surface area contributed by atoms with Crippen LogP contribution in [-0.4, -0.2) is 37.0 Å². The van der Waals surface area contributed by atoms with Crippen LogP contribution in [0, 0.1) is 6.92 Å². The zero-order chi connectivity index (χ0) is 15.4. The van der Waals surface area contributed by atoms with E-state index < -0.39 is 0 Å². The minimum Gasteiger partial charge on any atom is -0.368 e.